The van der Waals surface area contributed by atoms with Crippen molar-refractivity contribution in [2.45, 2.75) is 31.9 Å². The highest BCUT2D eigenvalue weighted by atomic mass is 19.1. The highest BCUT2D eigenvalue weighted by Crippen LogP contribution is 2.27. The summed E-state index contributed by atoms with van der Waals surface area (Å²) in [6.45, 7) is 5.62. The van der Waals surface area contributed by atoms with Gasteiger partial charge in [0.05, 0.1) is 24.9 Å². The number of rotatable bonds is 6. The van der Waals surface area contributed by atoms with Crippen molar-refractivity contribution in [2.75, 3.05) is 31.6 Å². The van der Waals surface area contributed by atoms with Crippen LogP contribution in [0.2, 0.25) is 0 Å². The molecule has 3 heterocycles. The van der Waals surface area contributed by atoms with Gasteiger partial charge in [0.15, 0.2) is 0 Å². The Hall–Kier alpha value is -3.04. The van der Waals surface area contributed by atoms with E-state index in [1.807, 2.05) is 25.1 Å². The van der Waals surface area contributed by atoms with Crippen LogP contribution in [0.3, 0.4) is 0 Å². The average Bonchev–Trinajstić information content (AvgIpc) is 3.14. The summed E-state index contributed by atoms with van der Waals surface area (Å²) in [5.74, 6) is -0.232. The summed E-state index contributed by atoms with van der Waals surface area (Å²) in [5, 5.41) is 7.43. The maximum Gasteiger partial charge on any atom is 0.246 e. The number of piperidine rings is 1. The zero-order valence-electron chi connectivity index (χ0n) is 17.8. The number of hydrogen-bond donors (Lipinski definition) is 1. The fourth-order valence-corrected chi connectivity index (χ4v) is 4.15. The van der Waals surface area contributed by atoms with Gasteiger partial charge in [-0.1, -0.05) is 0 Å². The van der Waals surface area contributed by atoms with Crippen LogP contribution in [0.25, 0.3) is 5.69 Å². The van der Waals surface area contributed by atoms with Gasteiger partial charge in [0.2, 0.25) is 5.95 Å². The molecule has 0 radical (unpaired) electrons. The van der Waals surface area contributed by atoms with Crippen molar-refractivity contribution >= 4 is 11.6 Å². The molecule has 0 saturated carbocycles. The summed E-state index contributed by atoms with van der Waals surface area (Å²) < 4.78 is 40.0. The number of aryl methyl sites for hydroxylation is 1. The predicted octanol–water partition coefficient (Wildman–Crippen LogP) is 3.84. The van der Waals surface area contributed by atoms with Crippen molar-refractivity contribution in [1.29, 1.82) is 0 Å². The molecule has 3 aromatic rings. The Balaban J connectivity index is 1.27. The number of aromatic nitrogens is 3. The molecular weight excluding hydrogens is 416 g/mol. The third-order valence-corrected chi connectivity index (χ3v) is 5.76. The molecule has 2 saturated heterocycles. The lowest BCUT2D eigenvalue weighted by atomic mass is 10.0. The van der Waals surface area contributed by atoms with E-state index in [4.69, 9.17) is 9.47 Å². The molecule has 1 atom stereocenters. The van der Waals surface area contributed by atoms with Gasteiger partial charge in [-0.05, 0) is 56.1 Å². The second kappa shape index (κ2) is 8.84. The van der Waals surface area contributed by atoms with E-state index in [1.54, 1.807) is 0 Å². The molecule has 2 aliphatic heterocycles. The van der Waals surface area contributed by atoms with E-state index in [0.29, 0.717) is 12.0 Å². The number of nitrogens with zero attached hydrogens (tertiary/aromatic N) is 4. The zero-order valence-corrected chi connectivity index (χ0v) is 17.8. The average molecular weight is 441 g/mol. The van der Waals surface area contributed by atoms with Crippen molar-refractivity contribution in [3.63, 3.8) is 0 Å². The molecular formula is C23H25F2N5O2. The van der Waals surface area contributed by atoms with Crippen molar-refractivity contribution in [3.8, 4) is 11.4 Å². The topological polar surface area (TPSA) is 64.4 Å². The summed E-state index contributed by atoms with van der Waals surface area (Å²) >= 11 is 0. The Labute approximate surface area is 185 Å². The smallest absolute Gasteiger partial charge is 0.246 e. The normalized spacial score (nSPS) is 19.5. The second-order valence-corrected chi connectivity index (χ2v) is 8.37. The van der Waals surface area contributed by atoms with Crippen LogP contribution in [0.4, 0.5) is 20.4 Å². The SMILES string of the molecule is Cc1cc(Nc2ncn(-c3cc(F)cc(F)c3)n2)cc(O[C@H]2CCCN(C3COC3)C2)c1. The molecule has 5 rings (SSSR count). The summed E-state index contributed by atoms with van der Waals surface area (Å²) in [6.07, 6.45) is 3.68. The molecule has 0 unspecified atom stereocenters. The Morgan fingerprint density at radius 1 is 1.09 bits per heavy atom. The zero-order chi connectivity index (χ0) is 22.1. The molecule has 7 nitrogen and oxygen atoms in total. The first-order valence-corrected chi connectivity index (χ1v) is 10.8. The maximum atomic E-state index is 13.5. The van der Waals surface area contributed by atoms with Crippen LogP contribution in [0.15, 0.2) is 42.7 Å². The minimum Gasteiger partial charge on any atom is -0.489 e. The summed E-state index contributed by atoms with van der Waals surface area (Å²) in [5.41, 5.74) is 2.08. The largest absolute Gasteiger partial charge is 0.489 e. The van der Waals surface area contributed by atoms with Gasteiger partial charge in [0.1, 0.15) is 29.8 Å². The second-order valence-electron chi connectivity index (χ2n) is 8.37. The van der Waals surface area contributed by atoms with Crippen molar-refractivity contribution < 1.29 is 18.3 Å². The van der Waals surface area contributed by atoms with Crippen molar-refractivity contribution in [3.05, 3.63) is 59.9 Å². The molecule has 2 aromatic carbocycles. The maximum absolute atomic E-state index is 13.5. The van der Waals surface area contributed by atoms with Gasteiger partial charge in [-0.3, -0.25) is 4.90 Å². The van der Waals surface area contributed by atoms with E-state index < -0.39 is 11.6 Å². The van der Waals surface area contributed by atoms with E-state index in [0.717, 1.165) is 62.2 Å². The van der Waals surface area contributed by atoms with Gasteiger partial charge < -0.3 is 14.8 Å². The Kier molecular flexibility index (Phi) is 5.75. The fraction of sp³-hybridized carbons (Fsp3) is 0.391. The van der Waals surface area contributed by atoms with Crippen LogP contribution in [0.1, 0.15) is 18.4 Å². The quantitative estimate of drug-likeness (QED) is 0.627. The summed E-state index contributed by atoms with van der Waals surface area (Å²) in [4.78, 5) is 6.66. The third kappa shape index (κ3) is 4.73. The molecule has 32 heavy (non-hydrogen) atoms. The molecule has 2 fully saturated rings. The van der Waals surface area contributed by atoms with Crippen LogP contribution in [0, 0.1) is 18.6 Å². The van der Waals surface area contributed by atoms with E-state index in [-0.39, 0.29) is 11.8 Å². The highest BCUT2D eigenvalue weighted by Gasteiger charge is 2.31. The number of halogens is 2. The van der Waals surface area contributed by atoms with E-state index in [9.17, 15) is 8.78 Å². The van der Waals surface area contributed by atoms with Crippen LogP contribution in [-0.4, -0.2) is 58.1 Å². The third-order valence-electron chi connectivity index (χ3n) is 5.76. The first-order valence-electron chi connectivity index (χ1n) is 10.8. The fourth-order valence-electron chi connectivity index (χ4n) is 4.15. The van der Waals surface area contributed by atoms with Gasteiger partial charge in [-0.25, -0.2) is 13.5 Å². The minimum absolute atomic E-state index is 0.138. The molecule has 1 N–H and O–H groups in total. The van der Waals surface area contributed by atoms with Crippen LogP contribution in [-0.2, 0) is 4.74 Å². The first-order chi connectivity index (χ1) is 15.5. The Bertz CT molecular complexity index is 1080. The van der Waals surface area contributed by atoms with Crippen LogP contribution < -0.4 is 10.1 Å². The summed E-state index contributed by atoms with van der Waals surface area (Å²) in [6, 6.07) is 9.63. The van der Waals surface area contributed by atoms with Crippen molar-refractivity contribution in [2.24, 2.45) is 0 Å². The van der Waals surface area contributed by atoms with Gasteiger partial charge in [-0.15, -0.1) is 5.10 Å². The first kappa shape index (κ1) is 20.8. The van der Waals surface area contributed by atoms with Gasteiger partial charge in [0, 0.05) is 24.4 Å². The molecule has 0 bridgehead atoms. The molecule has 0 aliphatic carbocycles. The molecule has 0 amide bonds. The number of likely N-dealkylation sites (tertiary alicyclic amines) is 1. The number of ether oxygens (including phenoxy) is 2. The van der Waals surface area contributed by atoms with Gasteiger partial charge in [0.25, 0.3) is 0 Å². The molecule has 1 aromatic heterocycles. The molecule has 9 heteroatoms. The Morgan fingerprint density at radius 3 is 2.66 bits per heavy atom. The molecule has 2 aliphatic rings. The van der Waals surface area contributed by atoms with Crippen LogP contribution in [0.5, 0.6) is 5.75 Å². The number of benzene rings is 2. The number of hydrogen-bond acceptors (Lipinski definition) is 6. The number of nitrogens with one attached hydrogen (secondary N) is 1. The lowest BCUT2D eigenvalue weighted by Crippen LogP contribution is -2.54. The monoisotopic (exact) mass is 441 g/mol. The predicted molar refractivity (Wildman–Crippen MR) is 116 cm³/mol. The highest BCUT2D eigenvalue weighted by molar-refractivity contribution is 5.57. The number of anilines is 2. The summed E-state index contributed by atoms with van der Waals surface area (Å²) in [7, 11) is 0. The standard InChI is InChI=1S/C23H25F2N5O2/c1-15-5-18(27-23-26-14-30(28-23)19-8-16(24)7-17(25)9-19)10-22(6-15)32-21-3-2-4-29(11-21)20-12-31-13-20/h5-10,14,20-21H,2-4,11-13H2,1H3,(H,27,28)/t21-/m0/s1. The molecule has 0 spiro atoms. The van der Waals surface area contributed by atoms with E-state index in [2.05, 4.69) is 20.3 Å². The molecule has 168 valence electrons. The van der Waals surface area contributed by atoms with Gasteiger partial charge >= 0.3 is 0 Å². The Morgan fingerprint density at radius 2 is 1.91 bits per heavy atom. The lowest BCUT2D eigenvalue weighted by molar-refractivity contribution is -0.0825. The minimum atomic E-state index is -0.670. The van der Waals surface area contributed by atoms with Crippen molar-refractivity contribution in [1.82, 2.24) is 19.7 Å². The van der Waals surface area contributed by atoms with E-state index >= 15 is 0 Å². The van der Waals surface area contributed by atoms with E-state index in [1.165, 1.54) is 23.1 Å². The van der Waals surface area contributed by atoms with Crippen LogP contribution >= 0.6 is 0 Å². The lowest BCUT2D eigenvalue weighted by Gasteiger charge is -2.41. The van der Waals surface area contributed by atoms with Gasteiger partial charge in [-0.2, -0.15) is 4.98 Å².